The maximum absolute atomic E-state index is 13.1. The third-order valence-electron chi connectivity index (χ3n) is 5.62. The first-order valence-electron chi connectivity index (χ1n) is 11.8. The molecule has 0 bridgehead atoms. The predicted octanol–water partition coefficient (Wildman–Crippen LogP) is 5.43. The molecule has 3 aromatic rings. The lowest BCUT2D eigenvalue weighted by atomic mass is 10.1. The maximum atomic E-state index is 13.1. The zero-order valence-electron chi connectivity index (χ0n) is 19.8. The number of rotatable bonds is 10. The number of carbonyl (C=O) groups excluding carboxylic acids is 1. The van der Waals surface area contributed by atoms with Crippen LogP contribution in [-0.4, -0.2) is 32.3 Å². The SMILES string of the molecule is CCOc1cc(C=C(C#N)C(=O)N2CCc3ccccc32)ccc1OCCCOc1ccccc1. The lowest BCUT2D eigenvalue weighted by Gasteiger charge is -2.17. The van der Waals surface area contributed by atoms with Gasteiger partial charge < -0.3 is 19.1 Å². The Labute approximate surface area is 206 Å². The zero-order valence-corrected chi connectivity index (χ0v) is 19.8. The van der Waals surface area contributed by atoms with Gasteiger partial charge in [-0.2, -0.15) is 5.26 Å². The summed E-state index contributed by atoms with van der Waals surface area (Å²) in [7, 11) is 0. The van der Waals surface area contributed by atoms with Crippen LogP contribution in [0.25, 0.3) is 6.08 Å². The second-order valence-electron chi connectivity index (χ2n) is 8.01. The van der Waals surface area contributed by atoms with E-state index in [0.29, 0.717) is 49.8 Å². The van der Waals surface area contributed by atoms with Crippen LogP contribution in [0.3, 0.4) is 0 Å². The van der Waals surface area contributed by atoms with Gasteiger partial charge in [0.05, 0.1) is 19.8 Å². The molecule has 6 nitrogen and oxygen atoms in total. The van der Waals surface area contributed by atoms with Gasteiger partial charge in [-0.1, -0.05) is 42.5 Å². The molecule has 0 unspecified atom stereocenters. The number of benzene rings is 3. The summed E-state index contributed by atoms with van der Waals surface area (Å²) in [6.45, 7) is 3.95. The summed E-state index contributed by atoms with van der Waals surface area (Å²) in [5, 5.41) is 9.71. The fourth-order valence-electron chi connectivity index (χ4n) is 3.95. The molecular weight excluding hydrogens is 440 g/mol. The number of anilines is 1. The summed E-state index contributed by atoms with van der Waals surface area (Å²) in [4.78, 5) is 14.8. The molecular formula is C29H28N2O4. The standard InChI is InChI=1S/C29H28N2O4/c1-2-33-28-20-22(13-14-27(28)35-18-8-17-34-25-10-4-3-5-11-25)19-24(21-30)29(32)31-16-15-23-9-6-7-12-26(23)31/h3-7,9-14,19-20H,2,8,15-18H2,1H3. The first-order chi connectivity index (χ1) is 17.2. The molecule has 0 saturated heterocycles. The van der Waals surface area contributed by atoms with Gasteiger partial charge in [0, 0.05) is 18.7 Å². The highest BCUT2D eigenvalue weighted by Gasteiger charge is 2.26. The van der Waals surface area contributed by atoms with Crippen molar-refractivity contribution >= 4 is 17.7 Å². The normalized spacial score (nSPS) is 12.6. The van der Waals surface area contributed by atoms with E-state index in [4.69, 9.17) is 14.2 Å². The molecule has 0 atom stereocenters. The van der Waals surface area contributed by atoms with Crippen molar-refractivity contribution in [2.45, 2.75) is 19.8 Å². The van der Waals surface area contributed by atoms with E-state index in [9.17, 15) is 10.1 Å². The molecule has 35 heavy (non-hydrogen) atoms. The second-order valence-corrected chi connectivity index (χ2v) is 8.01. The van der Waals surface area contributed by atoms with E-state index >= 15 is 0 Å². The minimum absolute atomic E-state index is 0.0795. The van der Waals surface area contributed by atoms with Gasteiger partial charge in [-0.3, -0.25) is 4.79 Å². The Bertz CT molecular complexity index is 1230. The molecule has 178 valence electrons. The fraction of sp³-hybridized carbons (Fsp3) is 0.241. The number of fused-ring (bicyclic) bond motifs is 1. The van der Waals surface area contributed by atoms with E-state index in [1.54, 1.807) is 23.1 Å². The Morgan fingerprint density at radius 2 is 1.74 bits per heavy atom. The molecule has 6 heteroatoms. The van der Waals surface area contributed by atoms with Gasteiger partial charge in [0.25, 0.3) is 5.91 Å². The van der Waals surface area contributed by atoms with Gasteiger partial charge in [-0.05, 0) is 60.9 Å². The van der Waals surface area contributed by atoms with Gasteiger partial charge >= 0.3 is 0 Å². The topological polar surface area (TPSA) is 71.8 Å². The van der Waals surface area contributed by atoms with Crippen LogP contribution < -0.4 is 19.1 Å². The van der Waals surface area contributed by atoms with E-state index in [0.717, 1.165) is 23.4 Å². The highest BCUT2D eigenvalue weighted by atomic mass is 16.5. The quantitative estimate of drug-likeness (QED) is 0.225. The van der Waals surface area contributed by atoms with Crippen LogP contribution in [0, 0.1) is 11.3 Å². The van der Waals surface area contributed by atoms with E-state index in [2.05, 4.69) is 6.07 Å². The van der Waals surface area contributed by atoms with Crippen molar-refractivity contribution in [1.82, 2.24) is 0 Å². The summed E-state index contributed by atoms with van der Waals surface area (Å²) in [5.41, 5.74) is 2.77. The third kappa shape index (κ3) is 6.01. The molecule has 1 amide bonds. The fourth-order valence-corrected chi connectivity index (χ4v) is 3.95. The number of ether oxygens (including phenoxy) is 3. The first kappa shape index (κ1) is 23.9. The Morgan fingerprint density at radius 1 is 0.971 bits per heavy atom. The van der Waals surface area contributed by atoms with E-state index in [-0.39, 0.29) is 11.5 Å². The van der Waals surface area contributed by atoms with E-state index in [1.165, 1.54) is 0 Å². The van der Waals surface area contributed by atoms with E-state index < -0.39 is 0 Å². The van der Waals surface area contributed by atoms with E-state index in [1.807, 2.05) is 67.6 Å². The van der Waals surface area contributed by atoms with Crippen LogP contribution in [0.15, 0.2) is 78.4 Å². The molecule has 1 aliphatic heterocycles. The number of hydrogen-bond acceptors (Lipinski definition) is 5. The Hall–Kier alpha value is -4.24. The van der Waals surface area contributed by atoms with Gasteiger partial charge in [0.15, 0.2) is 11.5 Å². The highest BCUT2D eigenvalue weighted by Crippen LogP contribution is 2.31. The maximum Gasteiger partial charge on any atom is 0.268 e. The smallest absolute Gasteiger partial charge is 0.268 e. The van der Waals surface area contributed by atoms with Crippen molar-refractivity contribution in [1.29, 1.82) is 5.26 Å². The monoisotopic (exact) mass is 468 g/mol. The minimum Gasteiger partial charge on any atom is -0.493 e. The van der Waals surface area contributed by atoms with Gasteiger partial charge in [0.1, 0.15) is 17.4 Å². The average Bonchev–Trinajstić information content (AvgIpc) is 3.33. The number of nitrogens with zero attached hydrogens (tertiary/aromatic N) is 2. The van der Waals surface area contributed by atoms with Crippen LogP contribution in [0.1, 0.15) is 24.5 Å². The molecule has 0 aliphatic carbocycles. The summed E-state index contributed by atoms with van der Waals surface area (Å²) in [6, 6.07) is 24.9. The Balaban J connectivity index is 1.41. The lowest BCUT2D eigenvalue weighted by Crippen LogP contribution is -2.29. The van der Waals surface area contributed by atoms with Crippen molar-refractivity contribution in [3.63, 3.8) is 0 Å². The van der Waals surface area contributed by atoms with Gasteiger partial charge in [0.2, 0.25) is 0 Å². The number of carbonyl (C=O) groups is 1. The van der Waals surface area contributed by atoms with Crippen molar-refractivity contribution in [2.75, 3.05) is 31.3 Å². The van der Waals surface area contributed by atoms with Crippen molar-refractivity contribution in [3.8, 4) is 23.3 Å². The number of amides is 1. The summed E-state index contributed by atoms with van der Waals surface area (Å²) in [6.07, 6.45) is 3.10. The van der Waals surface area contributed by atoms with Crippen LogP contribution in [0.2, 0.25) is 0 Å². The number of nitriles is 1. The predicted molar refractivity (Wildman–Crippen MR) is 136 cm³/mol. The van der Waals surface area contributed by atoms with Gasteiger partial charge in [-0.25, -0.2) is 0 Å². The molecule has 0 radical (unpaired) electrons. The van der Waals surface area contributed by atoms with Gasteiger partial charge in [-0.15, -0.1) is 0 Å². The van der Waals surface area contributed by atoms with Crippen molar-refractivity contribution < 1.29 is 19.0 Å². The molecule has 0 spiro atoms. The summed E-state index contributed by atoms with van der Waals surface area (Å²) >= 11 is 0. The lowest BCUT2D eigenvalue weighted by molar-refractivity contribution is -0.114. The largest absolute Gasteiger partial charge is 0.493 e. The summed E-state index contributed by atoms with van der Waals surface area (Å²) < 4.78 is 17.4. The number of hydrogen-bond donors (Lipinski definition) is 0. The molecule has 3 aromatic carbocycles. The van der Waals surface area contributed by atoms with Crippen LogP contribution in [0.4, 0.5) is 5.69 Å². The van der Waals surface area contributed by atoms with Crippen molar-refractivity contribution in [2.24, 2.45) is 0 Å². The molecule has 1 aliphatic rings. The average molecular weight is 469 g/mol. The van der Waals surface area contributed by atoms with Crippen LogP contribution >= 0.6 is 0 Å². The minimum atomic E-state index is -0.297. The number of para-hydroxylation sites is 2. The molecule has 0 N–H and O–H groups in total. The van der Waals surface area contributed by atoms with Crippen molar-refractivity contribution in [3.05, 3.63) is 89.5 Å². The third-order valence-corrected chi connectivity index (χ3v) is 5.62. The first-order valence-corrected chi connectivity index (χ1v) is 11.8. The Morgan fingerprint density at radius 3 is 2.54 bits per heavy atom. The second kappa shape index (κ2) is 11.8. The van der Waals surface area contributed by atoms with Crippen LogP contribution in [0.5, 0.6) is 17.2 Å². The molecule has 0 saturated carbocycles. The molecule has 0 aromatic heterocycles. The Kier molecular flexibility index (Phi) is 8.03. The highest BCUT2D eigenvalue weighted by molar-refractivity contribution is 6.12. The zero-order chi connectivity index (χ0) is 24.5. The molecule has 0 fully saturated rings. The molecule has 1 heterocycles. The van der Waals surface area contributed by atoms with Crippen LogP contribution in [-0.2, 0) is 11.2 Å². The summed E-state index contributed by atoms with van der Waals surface area (Å²) in [5.74, 6) is 1.72. The molecule has 4 rings (SSSR count).